The molecule has 1 aromatic heterocycles. The van der Waals surface area contributed by atoms with Crippen molar-refractivity contribution in [2.24, 2.45) is 5.92 Å². The van der Waals surface area contributed by atoms with Crippen LogP contribution in [0.15, 0.2) is 11.4 Å². The van der Waals surface area contributed by atoms with Gasteiger partial charge in [-0.15, -0.1) is 11.3 Å². The first kappa shape index (κ1) is 10.8. The predicted octanol–water partition coefficient (Wildman–Crippen LogP) is 3.91. The Morgan fingerprint density at radius 2 is 2.25 bits per heavy atom. The van der Waals surface area contributed by atoms with Crippen molar-refractivity contribution in [2.45, 2.75) is 51.0 Å². The van der Waals surface area contributed by atoms with Gasteiger partial charge >= 0.3 is 0 Å². The summed E-state index contributed by atoms with van der Waals surface area (Å²) in [5.41, 5.74) is 1.60. The van der Waals surface area contributed by atoms with Crippen LogP contribution in [0, 0.1) is 5.92 Å². The van der Waals surface area contributed by atoms with Crippen molar-refractivity contribution in [3.05, 3.63) is 21.9 Å². The molecule has 1 fully saturated rings. The molecule has 0 aliphatic heterocycles. The Balaban J connectivity index is 1.48. The summed E-state index contributed by atoms with van der Waals surface area (Å²) in [6, 6.07) is 2.99. The molecule has 2 heteroatoms. The van der Waals surface area contributed by atoms with Crippen molar-refractivity contribution in [2.75, 3.05) is 6.54 Å². The van der Waals surface area contributed by atoms with Gasteiger partial charge in [0.1, 0.15) is 0 Å². The summed E-state index contributed by atoms with van der Waals surface area (Å²) < 4.78 is 0. The smallest absolute Gasteiger partial charge is 0.0331 e. The van der Waals surface area contributed by atoms with Crippen molar-refractivity contribution in [1.82, 2.24) is 5.32 Å². The number of aryl methyl sites for hydroxylation is 1. The highest BCUT2D eigenvalue weighted by atomic mass is 32.1. The first-order valence-corrected chi connectivity index (χ1v) is 7.61. The van der Waals surface area contributed by atoms with E-state index >= 15 is 0 Å². The molecule has 0 radical (unpaired) electrons. The maximum atomic E-state index is 3.75. The third-order valence-electron chi connectivity index (χ3n) is 3.93. The molecular formula is C14H21NS. The number of hydrogen-bond acceptors (Lipinski definition) is 2. The zero-order chi connectivity index (χ0) is 10.8. The Labute approximate surface area is 102 Å². The Hall–Kier alpha value is -0.340. The van der Waals surface area contributed by atoms with Gasteiger partial charge in [-0.2, -0.15) is 0 Å². The molecule has 2 aliphatic rings. The zero-order valence-electron chi connectivity index (χ0n) is 9.87. The first-order valence-electron chi connectivity index (χ1n) is 6.73. The van der Waals surface area contributed by atoms with E-state index in [2.05, 4.69) is 16.8 Å². The van der Waals surface area contributed by atoms with Crippen molar-refractivity contribution in [1.29, 1.82) is 0 Å². The number of fused-ring (bicyclic) bond motifs is 1. The second kappa shape index (κ2) is 4.89. The number of thiophene rings is 1. The molecule has 0 amide bonds. The number of hydrogen-bond donors (Lipinski definition) is 1. The molecule has 1 atom stereocenters. The Morgan fingerprint density at radius 1 is 1.31 bits per heavy atom. The molecule has 1 heterocycles. The number of rotatable bonds is 5. The molecule has 2 aliphatic carbocycles. The van der Waals surface area contributed by atoms with E-state index < -0.39 is 0 Å². The van der Waals surface area contributed by atoms with Crippen LogP contribution in [0.25, 0.3) is 0 Å². The van der Waals surface area contributed by atoms with Crippen molar-refractivity contribution >= 4 is 11.3 Å². The maximum Gasteiger partial charge on any atom is 0.0331 e. The lowest BCUT2D eigenvalue weighted by Crippen LogP contribution is -2.25. The quantitative estimate of drug-likeness (QED) is 0.763. The third kappa shape index (κ3) is 2.49. The van der Waals surface area contributed by atoms with Crippen LogP contribution in [0.1, 0.15) is 55.0 Å². The van der Waals surface area contributed by atoms with E-state index in [4.69, 9.17) is 0 Å². The average molecular weight is 235 g/mol. The Bertz CT molecular complexity index is 340. The topological polar surface area (TPSA) is 12.0 Å². The van der Waals surface area contributed by atoms with E-state index in [1.165, 1.54) is 51.5 Å². The van der Waals surface area contributed by atoms with Crippen LogP contribution in [-0.4, -0.2) is 6.54 Å². The van der Waals surface area contributed by atoms with E-state index in [-0.39, 0.29) is 0 Å². The molecule has 1 saturated carbocycles. The van der Waals surface area contributed by atoms with Gasteiger partial charge in [-0.25, -0.2) is 0 Å². The highest BCUT2D eigenvalue weighted by Gasteiger charge is 2.22. The van der Waals surface area contributed by atoms with Crippen molar-refractivity contribution in [3.8, 4) is 0 Å². The highest BCUT2D eigenvalue weighted by Crippen LogP contribution is 2.34. The normalized spacial score (nSPS) is 24.4. The summed E-state index contributed by atoms with van der Waals surface area (Å²) in [7, 11) is 0. The second-order valence-corrected chi connectivity index (χ2v) is 6.28. The lowest BCUT2D eigenvalue weighted by atomic mass is 9.94. The number of nitrogens with one attached hydrogen (secondary N) is 1. The summed E-state index contributed by atoms with van der Waals surface area (Å²) in [4.78, 5) is 1.63. The van der Waals surface area contributed by atoms with Gasteiger partial charge in [0.15, 0.2) is 0 Å². The van der Waals surface area contributed by atoms with Gasteiger partial charge < -0.3 is 5.32 Å². The fourth-order valence-electron chi connectivity index (χ4n) is 2.77. The molecule has 0 spiro atoms. The molecule has 1 unspecified atom stereocenters. The summed E-state index contributed by atoms with van der Waals surface area (Å²) >= 11 is 1.94. The van der Waals surface area contributed by atoms with E-state index in [0.717, 1.165) is 5.92 Å². The van der Waals surface area contributed by atoms with Crippen molar-refractivity contribution < 1.29 is 0 Å². The minimum atomic E-state index is 0.661. The lowest BCUT2D eigenvalue weighted by Gasteiger charge is -2.23. The van der Waals surface area contributed by atoms with Gasteiger partial charge in [0, 0.05) is 10.9 Å². The van der Waals surface area contributed by atoms with Crippen LogP contribution in [-0.2, 0) is 6.42 Å². The lowest BCUT2D eigenvalue weighted by molar-refractivity contribution is 0.451. The molecule has 16 heavy (non-hydrogen) atoms. The summed E-state index contributed by atoms with van der Waals surface area (Å²) in [6.45, 7) is 1.22. The van der Waals surface area contributed by atoms with Crippen LogP contribution in [0.2, 0.25) is 0 Å². The highest BCUT2D eigenvalue weighted by molar-refractivity contribution is 7.10. The SMILES string of the molecule is c1cc2c(s1)CCCC2NCCCC1CC1. The molecule has 1 N–H and O–H groups in total. The van der Waals surface area contributed by atoms with E-state index in [9.17, 15) is 0 Å². The average Bonchev–Trinajstić information content (AvgIpc) is 3.00. The maximum absolute atomic E-state index is 3.75. The predicted molar refractivity (Wildman–Crippen MR) is 70.0 cm³/mol. The molecule has 1 nitrogen and oxygen atoms in total. The molecule has 0 saturated heterocycles. The molecular weight excluding hydrogens is 214 g/mol. The third-order valence-corrected chi connectivity index (χ3v) is 4.93. The summed E-state index contributed by atoms with van der Waals surface area (Å²) in [6.07, 6.45) is 9.85. The molecule has 0 bridgehead atoms. The minimum absolute atomic E-state index is 0.661. The molecule has 3 rings (SSSR count). The van der Waals surface area contributed by atoms with Crippen LogP contribution in [0.4, 0.5) is 0 Å². The van der Waals surface area contributed by atoms with Gasteiger partial charge in [0.25, 0.3) is 0 Å². The summed E-state index contributed by atoms with van der Waals surface area (Å²) in [5, 5.41) is 6.01. The van der Waals surface area contributed by atoms with Crippen LogP contribution in [0.5, 0.6) is 0 Å². The van der Waals surface area contributed by atoms with Crippen LogP contribution < -0.4 is 5.32 Å². The van der Waals surface area contributed by atoms with Gasteiger partial charge in [-0.1, -0.05) is 12.8 Å². The summed E-state index contributed by atoms with van der Waals surface area (Å²) in [5.74, 6) is 1.09. The van der Waals surface area contributed by atoms with Gasteiger partial charge in [-0.05, 0) is 61.6 Å². The molecule has 1 aromatic rings. The van der Waals surface area contributed by atoms with Crippen LogP contribution in [0.3, 0.4) is 0 Å². The zero-order valence-corrected chi connectivity index (χ0v) is 10.7. The van der Waals surface area contributed by atoms with Crippen LogP contribution >= 0.6 is 11.3 Å². The Morgan fingerprint density at radius 3 is 3.12 bits per heavy atom. The fraction of sp³-hybridized carbons (Fsp3) is 0.714. The molecule has 88 valence electrons. The van der Waals surface area contributed by atoms with E-state index in [1.54, 1.807) is 10.4 Å². The largest absolute Gasteiger partial charge is 0.310 e. The van der Waals surface area contributed by atoms with Gasteiger partial charge in [0.2, 0.25) is 0 Å². The van der Waals surface area contributed by atoms with Gasteiger partial charge in [-0.3, -0.25) is 0 Å². The monoisotopic (exact) mass is 235 g/mol. The van der Waals surface area contributed by atoms with Gasteiger partial charge in [0.05, 0.1) is 0 Å². The standard InChI is InChI=1S/C14H21NS/c1-4-13(12-8-10-16-14(12)5-1)15-9-2-3-11-6-7-11/h8,10-11,13,15H,1-7,9H2. The Kier molecular flexibility index (Phi) is 3.30. The molecule has 0 aromatic carbocycles. The van der Waals surface area contributed by atoms with E-state index in [1.807, 2.05) is 11.3 Å². The second-order valence-electron chi connectivity index (χ2n) is 5.28. The van der Waals surface area contributed by atoms with E-state index in [0.29, 0.717) is 6.04 Å². The fourth-order valence-corrected chi connectivity index (χ4v) is 3.76. The first-order chi connectivity index (χ1) is 7.93. The minimum Gasteiger partial charge on any atom is -0.310 e. The van der Waals surface area contributed by atoms with Crippen molar-refractivity contribution in [3.63, 3.8) is 0 Å².